The first kappa shape index (κ1) is 23.5. The van der Waals surface area contributed by atoms with Crippen LogP contribution in [0.3, 0.4) is 0 Å². The number of carbonyl (C=O) groups is 2. The maximum Gasteiger partial charge on any atom is 0.242 e. The van der Waals surface area contributed by atoms with Gasteiger partial charge in [0.25, 0.3) is 0 Å². The SMILES string of the molecule is CCCNC(=O)[C@H](CC)N(Cc1ccccc1Cl)C(=O)Cc1c(Cl)cccc1Cl. The summed E-state index contributed by atoms with van der Waals surface area (Å²) in [7, 11) is 0. The molecule has 1 N–H and O–H groups in total. The van der Waals surface area contributed by atoms with Crippen molar-refractivity contribution in [3.63, 3.8) is 0 Å². The monoisotopic (exact) mass is 454 g/mol. The van der Waals surface area contributed by atoms with Crippen molar-refractivity contribution in [1.29, 1.82) is 0 Å². The van der Waals surface area contributed by atoms with Gasteiger partial charge in [-0.05, 0) is 42.2 Å². The molecule has 0 aliphatic heterocycles. The first-order chi connectivity index (χ1) is 13.9. The quantitative estimate of drug-likeness (QED) is 0.541. The standard InChI is InChI=1S/C22H25Cl3N2O2/c1-3-12-26-22(29)20(4-2)27(14-15-8-5-6-9-17(15)23)21(28)13-16-18(24)10-7-11-19(16)25/h5-11,20H,3-4,12-14H2,1-2H3,(H,26,29)/t20-/m0/s1. The fourth-order valence-corrected chi connectivity index (χ4v) is 3.78. The normalized spacial score (nSPS) is 11.8. The van der Waals surface area contributed by atoms with Gasteiger partial charge in [-0.25, -0.2) is 0 Å². The molecule has 156 valence electrons. The zero-order chi connectivity index (χ0) is 21.4. The zero-order valence-electron chi connectivity index (χ0n) is 16.6. The summed E-state index contributed by atoms with van der Waals surface area (Å²) in [6.07, 6.45) is 1.29. The highest BCUT2D eigenvalue weighted by Gasteiger charge is 2.29. The van der Waals surface area contributed by atoms with Crippen molar-refractivity contribution in [1.82, 2.24) is 10.2 Å². The van der Waals surface area contributed by atoms with Crippen LogP contribution in [0, 0.1) is 0 Å². The Bertz CT molecular complexity index is 837. The van der Waals surface area contributed by atoms with E-state index in [9.17, 15) is 9.59 Å². The molecule has 0 bridgehead atoms. The molecule has 2 amide bonds. The van der Waals surface area contributed by atoms with Crippen molar-refractivity contribution in [2.75, 3.05) is 6.54 Å². The van der Waals surface area contributed by atoms with Crippen molar-refractivity contribution in [2.45, 2.75) is 45.7 Å². The van der Waals surface area contributed by atoms with Crippen molar-refractivity contribution < 1.29 is 9.59 Å². The van der Waals surface area contributed by atoms with Gasteiger partial charge in [0.2, 0.25) is 11.8 Å². The second-order valence-electron chi connectivity index (χ2n) is 6.71. The number of halogens is 3. The summed E-state index contributed by atoms with van der Waals surface area (Å²) in [4.78, 5) is 27.6. The molecule has 4 nitrogen and oxygen atoms in total. The van der Waals surface area contributed by atoms with Gasteiger partial charge >= 0.3 is 0 Å². The fraction of sp³-hybridized carbons (Fsp3) is 0.364. The molecule has 0 radical (unpaired) electrons. The lowest BCUT2D eigenvalue weighted by Crippen LogP contribution is -2.49. The zero-order valence-corrected chi connectivity index (χ0v) is 18.8. The lowest BCUT2D eigenvalue weighted by Gasteiger charge is -2.31. The topological polar surface area (TPSA) is 49.4 Å². The number of carbonyl (C=O) groups excluding carboxylic acids is 2. The molecule has 0 aliphatic rings. The van der Waals surface area contributed by atoms with E-state index in [2.05, 4.69) is 5.32 Å². The van der Waals surface area contributed by atoms with E-state index in [4.69, 9.17) is 34.8 Å². The molecule has 0 saturated carbocycles. The van der Waals surface area contributed by atoms with Gasteiger partial charge in [0, 0.05) is 28.2 Å². The molecule has 0 heterocycles. The first-order valence-electron chi connectivity index (χ1n) is 9.62. The van der Waals surface area contributed by atoms with E-state index in [1.807, 2.05) is 32.0 Å². The van der Waals surface area contributed by atoms with Gasteiger partial charge in [-0.2, -0.15) is 0 Å². The van der Waals surface area contributed by atoms with Crippen LogP contribution in [0.15, 0.2) is 42.5 Å². The maximum absolute atomic E-state index is 13.3. The average Bonchev–Trinajstić information content (AvgIpc) is 2.70. The van der Waals surface area contributed by atoms with Crippen molar-refractivity contribution >= 4 is 46.6 Å². The van der Waals surface area contributed by atoms with E-state index in [1.54, 1.807) is 29.2 Å². The molecule has 0 aromatic heterocycles. The Balaban J connectivity index is 2.35. The highest BCUT2D eigenvalue weighted by atomic mass is 35.5. The number of hydrogen-bond acceptors (Lipinski definition) is 2. The molecule has 29 heavy (non-hydrogen) atoms. The predicted octanol–water partition coefficient (Wildman–Crippen LogP) is 5.52. The van der Waals surface area contributed by atoms with Crippen LogP contribution in [-0.4, -0.2) is 29.3 Å². The maximum atomic E-state index is 13.3. The van der Waals surface area contributed by atoms with Crippen LogP contribution in [0.25, 0.3) is 0 Å². The van der Waals surface area contributed by atoms with Gasteiger partial charge in [0.1, 0.15) is 6.04 Å². The largest absolute Gasteiger partial charge is 0.354 e. The van der Waals surface area contributed by atoms with Crippen LogP contribution < -0.4 is 5.32 Å². The number of rotatable bonds is 9. The first-order valence-corrected chi connectivity index (χ1v) is 10.8. The molecule has 2 aromatic rings. The molecule has 1 atom stereocenters. The minimum atomic E-state index is -0.619. The number of amides is 2. The van der Waals surface area contributed by atoms with Crippen LogP contribution in [0.4, 0.5) is 0 Å². The Hall–Kier alpha value is -1.75. The van der Waals surface area contributed by atoms with Gasteiger partial charge in [0.15, 0.2) is 0 Å². The Kier molecular flexibility index (Phi) is 9.28. The van der Waals surface area contributed by atoms with Gasteiger partial charge in [-0.1, -0.05) is 72.9 Å². The third kappa shape index (κ3) is 6.36. The summed E-state index contributed by atoms with van der Waals surface area (Å²) in [6, 6.07) is 11.8. The number of benzene rings is 2. The highest BCUT2D eigenvalue weighted by molar-refractivity contribution is 6.36. The lowest BCUT2D eigenvalue weighted by atomic mass is 10.1. The summed E-state index contributed by atoms with van der Waals surface area (Å²) in [5.74, 6) is -0.418. The van der Waals surface area contributed by atoms with E-state index in [0.29, 0.717) is 33.6 Å². The Morgan fingerprint density at radius 1 is 0.966 bits per heavy atom. The average molecular weight is 456 g/mol. The molecular weight excluding hydrogens is 431 g/mol. The second kappa shape index (κ2) is 11.4. The van der Waals surface area contributed by atoms with E-state index in [-0.39, 0.29) is 24.8 Å². The smallest absolute Gasteiger partial charge is 0.242 e. The Labute approximate surface area is 187 Å². The predicted molar refractivity (Wildman–Crippen MR) is 120 cm³/mol. The molecule has 0 aliphatic carbocycles. The minimum Gasteiger partial charge on any atom is -0.354 e. The van der Waals surface area contributed by atoms with Crippen LogP contribution in [-0.2, 0) is 22.6 Å². The number of nitrogens with one attached hydrogen (secondary N) is 1. The van der Waals surface area contributed by atoms with Gasteiger partial charge in [-0.3, -0.25) is 9.59 Å². The van der Waals surface area contributed by atoms with E-state index in [1.165, 1.54) is 0 Å². The van der Waals surface area contributed by atoms with E-state index < -0.39 is 6.04 Å². The van der Waals surface area contributed by atoms with Gasteiger partial charge < -0.3 is 10.2 Å². The summed E-state index contributed by atoms with van der Waals surface area (Å²) in [5, 5.41) is 4.28. The van der Waals surface area contributed by atoms with Crippen LogP contribution in [0.2, 0.25) is 15.1 Å². The molecule has 0 spiro atoms. The summed E-state index contributed by atoms with van der Waals surface area (Å²) < 4.78 is 0. The second-order valence-corrected chi connectivity index (χ2v) is 7.93. The van der Waals surface area contributed by atoms with Gasteiger partial charge in [0.05, 0.1) is 6.42 Å². The molecule has 0 fully saturated rings. The van der Waals surface area contributed by atoms with E-state index >= 15 is 0 Å². The molecule has 0 unspecified atom stereocenters. The Morgan fingerprint density at radius 3 is 2.17 bits per heavy atom. The molecule has 0 saturated heterocycles. The van der Waals surface area contributed by atoms with Crippen LogP contribution in [0.5, 0.6) is 0 Å². The third-order valence-electron chi connectivity index (χ3n) is 4.62. The van der Waals surface area contributed by atoms with E-state index in [0.717, 1.165) is 12.0 Å². The summed E-state index contributed by atoms with van der Waals surface area (Å²) in [5.41, 5.74) is 1.32. The summed E-state index contributed by atoms with van der Waals surface area (Å²) in [6.45, 7) is 4.64. The van der Waals surface area contributed by atoms with Crippen molar-refractivity contribution in [3.8, 4) is 0 Å². The number of hydrogen-bond donors (Lipinski definition) is 1. The lowest BCUT2D eigenvalue weighted by molar-refractivity contribution is -0.140. The van der Waals surface area contributed by atoms with Crippen LogP contribution >= 0.6 is 34.8 Å². The molecule has 2 aromatic carbocycles. The third-order valence-corrected chi connectivity index (χ3v) is 5.70. The highest BCUT2D eigenvalue weighted by Crippen LogP contribution is 2.27. The van der Waals surface area contributed by atoms with Crippen molar-refractivity contribution in [3.05, 3.63) is 68.7 Å². The van der Waals surface area contributed by atoms with Crippen LogP contribution in [0.1, 0.15) is 37.8 Å². The fourth-order valence-electron chi connectivity index (χ4n) is 3.05. The Morgan fingerprint density at radius 2 is 1.59 bits per heavy atom. The molecular formula is C22H25Cl3N2O2. The minimum absolute atomic E-state index is 0.000513. The van der Waals surface area contributed by atoms with Gasteiger partial charge in [-0.15, -0.1) is 0 Å². The van der Waals surface area contributed by atoms with Crippen molar-refractivity contribution in [2.24, 2.45) is 0 Å². The number of nitrogens with zero attached hydrogens (tertiary/aromatic N) is 1. The summed E-state index contributed by atoms with van der Waals surface area (Å²) >= 11 is 18.8. The molecule has 2 rings (SSSR count). The molecule has 7 heteroatoms.